The highest BCUT2D eigenvalue weighted by Gasteiger charge is 2.25. The number of aryl methyl sites for hydroxylation is 2. The van der Waals surface area contributed by atoms with Crippen LogP contribution in [0, 0.1) is 13.8 Å². The SMILES string of the molecule is COc1cc(OC)cc(C(=O)N2CCN(CC(=O)c3cc(C)[nH]c3C)CC2)c1. The Bertz CT molecular complexity index is 844. The van der Waals surface area contributed by atoms with Crippen LogP contribution in [0.25, 0.3) is 0 Å². The maximum atomic E-state index is 12.9. The molecule has 1 fully saturated rings. The number of Topliss-reactive ketones (excluding diaryl/α,β-unsaturated/α-hetero) is 1. The predicted octanol–water partition coefficient (Wildman–Crippen LogP) is 2.29. The van der Waals surface area contributed by atoms with Gasteiger partial charge in [-0.15, -0.1) is 0 Å². The minimum absolute atomic E-state index is 0.0553. The van der Waals surface area contributed by atoms with Gasteiger partial charge in [-0.1, -0.05) is 0 Å². The number of piperazine rings is 1. The molecule has 1 saturated heterocycles. The Morgan fingerprint density at radius 3 is 2.07 bits per heavy atom. The van der Waals surface area contributed by atoms with E-state index in [1.165, 1.54) is 0 Å². The fraction of sp³-hybridized carbons (Fsp3) is 0.429. The van der Waals surface area contributed by atoms with E-state index in [1.807, 2.05) is 19.9 Å². The van der Waals surface area contributed by atoms with Gasteiger partial charge in [0.25, 0.3) is 5.91 Å². The zero-order valence-corrected chi connectivity index (χ0v) is 16.9. The van der Waals surface area contributed by atoms with Crippen LogP contribution in [0.5, 0.6) is 11.5 Å². The molecule has 1 N–H and O–H groups in total. The molecular formula is C21H27N3O4. The lowest BCUT2D eigenvalue weighted by Crippen LogP contribution is -2.49. The molecule has 1 aliphatic rings. The normalized spacial score (nSPS) is 14.8. The first-order valence-electron chi connectivity index (χ1n) is 9.35. The van der Waals surface area contributed by atoms with Crippen molar-refractivity contribution in [2.45, 2.75) is 13.8 Å². The largest absolute Gasteiger partial charge is 0.497 e. The first-order chi connectivity index (χ1) is 13.4. The van der Waals surface area contributed by atoms with Crippen LogP contribution >= 0.6 is 0 Å². The number of methoxy groups -OCH3 is 2. The number of ketones is 1. The third kappa shape index (κ3) is 4.36. The number of hydrogen-bond donors (Lipinski definition) is 1. The van der Waals surface area contributed by atoms with Gasteiger partial charge < -0.3 is 19.4 Å². The number of nitrogens with one attached hydrogen (secondary N) is 1. The smallest absolute Gasteiger partial charge is 0.254 e. The molecule has 0 bridgehead atoms. The molecule has 0 saturated carbocycles. The molecule has 0 radical (unpaired) electrons. The zero-order chi connectivity index (χ0) is 20.3. The van der Waals surface area contributed by atoms with E-state index >= 15 is 0 Å². The second-order valence-electron chi connectivity index (χ2n) is 7.08. The number of ether oxygens (including phenoxy) is 2. The number of aromatic nitrogens is 1. The highest BCUT2D eigenvalue weighted by atomic mass is 16.5. The van der Waals surface area contributed by atoms with Crippen LogP contribution < -0.4 is 9.47 Å². The van der Waals surface area contributed by atoms with E-state index in [9.17, 15) is 9.59 Å². The average Bonchev–Trinajstić information content (AvgIpc) is 3.05. The van der Waals surface area contributed by atoms with Crippen LogP contribution in [-0.2, 0) is 0 Å². The molecule has 1 aromatic carbocycles. The second-order valence-corrected chi connectivity index (χ2v) is 7.08. The summed E-state index contributed by atoms with van der Waals surface area (Å²) in [4.78, 5) is 32.5. The van der Waals surface area contributed by atoms with Crippen molar-refractivity contribution in [3.63, 3.8) is 0 Å². The molecule has 0 unspecified atom stereocenters. The Morgan fingerprint density at radius 1 is 0.964 bits per heavy atom. The number of benzene rings is 1. The number of nitrogens with zero attached hydrogens (tertiary/aromatic N) is 2. The van der Waals surface area contributed by atoms with Gasteiger partial charge in [-0.25, -0.2) is 0 Å². The number of aromatic amines is 1. The number of H-pyrrole nitrogens is 1. The molecule has 28 heavy (non-hydrogen) atoms. The summed E-state index contributed by atoms with van der Waals surface area (Å²) in [5.41, 5.74) is 3.19. The van der Waals surface area contributed by atoms with Crippen LogP contribution in [0.1, 0.15) is 32.1 Å². The van der Waals surface area contributed by atoms with Crippen LogP contribution in [0.3, 0.4) is 0 Å². The summed E-state index contributed by atoms with van der Waals surface area (Å²) in [5.74, 6) is 1.23. The molecule has 7 heteroatoms. The molecule has 1 aromatic heterocycles. The van der Waals surface area contributed by atoms with Crippen LogP contribution in [-0.4, -0.2) is 73.4 Å². The van der Waals surface area contributed by atoms with Crippen LogP contribution in [0.15, 0.2) is 24.3 Å². The number of carbonyl (C=O) groups excluding carboxylic acids is 2. The van der Waals surface area contributed by atoms with E-state index in [1.54, 1.807) is 37.3 Å². The fourth-order valence-electron chi connectivity index (χ4n) is 3.52. The lowest BCUT2D eigenvalue weighted by atomic mass is 10.1. The molecule has 0 spiro atoms. The van der Waals surface area contributed by atoms with E-state index in [0.717, 1.165) is 17.0 Å². The van der Waals surface area contributed by atoms with E-state index in [-0.39, 0.29) is 11.7 Å². The summed E-state index contributed by atoms with van der Waals surface area (Å²) in [7, 11) is 3.12. The van der Waals surface area contributed by atoms with Gasteiger partial charge in [0.05, 0.1) is 20.8 Å². The van der Waals surface area contributed by atoms with Gasteiger partial charge in [0.15, 0.2) is 5.78 Å². The first-order valence-corrected chi connectivity index (χ1v) is 9.35. The van der Waals surface area contributed by atoms with Crippen molar-refractivity contribution in [3.05, 3.63) is 46.8 Å². The predicted molar refractivity (Wildman–Crippen MR) is 106 cm³/mol. The minimum atomic E-state index is -0.0553. The van der Waals surface area contributed by atoms with Crippen molar-refractivity contribution in [2.24, 2.45) is 0 Å². The standard InChI is InChI=1S/C21H27N3O4/c1-14-9-19(15(2)22-14)20(25)13-23-5-7-24(8-6-23)21(26)16-10-17(27-3)12-18(11-16)28-4/h9-12,22H,5-8,13H2,1-4H3. The molecule has 3 rings (SSSR count). The lowest BCUT2D eigenvalue weighted by Gasteiger charge is -2.34. The summed E-state index contributed by atoms with van der Waals surface area (Å²) in [6.45, 7) is 6.73. The number of rotatable bonds is 6. The van der Waals surface area contributed by atoms with E-state index < -0.39 is 0 Å². The Morgan fingerprint density at radius 2 is 1.57 bits per heavy atom. The third-order valence-corrected chi connectivity index (χ3v) is 5.08. The molecule has 2 heterocycles. The summed E-state index contributed by atoms with van der Waals surface area (Å²) < 4.78 is 10.5. The number of carbonyl (C=O) groups is 2. The Kier molecular flexibility index (Phi) is 6.04. The summed E-state index contributed by atoms with van der Waals surface area (Å²) in [5, 5.41) is 0. The highest BCUT2D eigenvalue weighted by Crippen LogP contribution is 2.24. The van der Waals surface area contributed by atoms with Gasteiger partial charge in [0, 0.05) is 54.8 Å². The maximum Gasteiger partial charge on any atom is 0.254 e. The average molecular weight is 385 g/mol. The fourth-order valence-corrected chi connectivity index (χ4v) is 3.52. The topological polar surface area (TPSA) is 74.9 Å². The van der Waals surface area contributed by atoms with Crippen LogP contribution in [0.2, 0.25) is 0 Å². The second kappa shape index (κ2) is 8.48. The van der Waals surface area contributed by atoms with Crippen molar-refractivity contribution in [1.29, 1.82) is 0 Å². The van der Waals surface area contributed by atoms with Gasteiger partial charge in [-0.05, 0) is 32.0 Å². The van der Waals surface area contributed by atoms with Crippen LogP contribution in [0.4, 0.5) is 0 Å². The minimum Gasteiger partial charge on any atom is -0.497 e. The van der Waals surface area contributed by atoms with Gasteiger partial charge in [-0.2, -0.15) is 0 Å². The number of hydrogen-bond acceptors (Lipinski definition) is 5. The molecule has 0 atom stereocenters. The molecule has 2 aromatic rings. The lowest BCUT2D eigenvalue weighted by molar-refractivity contribution is 0.0623. The molecule has 1 aliphatic heterocycles. The summed E-state index contributed by atoms with van der Waals surface area (Å²) in [6.07, 6.45) is 0. The van der Waals surface area contributed by atoms with Gasteiger partial charge >= 0.3 is 0 Å². The highest BCUT2D eigenvalue weighted by molar-refractivity contribution is 5.99. The molecule has 0 aliphatic carbocycles. The van der Waals surface area contributed by atoms with E-state index in [4.69, 9.17) is 9.47 Å². The van der Waals surface area contributed by atoms with Gasteiger partial charge in [-0.3, -0.25) is 14.5 Å². The monoisotopic (exact) mass is 385 g/mol. The van der Waals surface area contributed by atoms with Crippen molar-refractivity contribution in [3.8, 4) is 11.5 Å². The zero-order valence-electron chi connectivity index (χ0n) is 16.9. The Hall–Kier alpha value is -2.80. The summed E-state index contributed by atoms with van der Waals surface area (Å²) >= 11 is 0. The Labute approximate surface area is 165 Å². The quantitative estimate of drug-likeness (QED) is 0.773. The molecular weight excluding hydrogens is 358 g/mol. The Balaban J connectivity index is 1.60. The molecule has 1 amide bonds. The molecule has 150 valence electrons. The number of amides is 1. The van der Waals surface area contributed by atoms with Crippen molar-refractivity contribution < 1.29 is 19.1 Å². The van der Waals surface area contributed by atoms with E-state index in [2.05, 4.69) is 9.88 Å². The van der Waals surface area contributed by atoms with Gasteiger partial charge in [0.2, 0.25) is 0 Å². The molecule has 7 nitrogen and oxygen atoms in total. The van der Waals surface area contributed by atoms with Crippen molar-refractivity contribution in [2.75, 3.05) is 46.9 Å². The van der Waals surface area contributed by atoms with Crippen molar-refractivity contribution in [1.82, 2.24) is 14.8 Å². The maximum absolute atomic E-state index is 12.9. The van der Waals surface area contributed by atoms with E-state index in [0.29, 0.717) is 49.8 Å². The first kappa shape index (κ1) is 19.9. The van der Waals surface area contributed by atoms with Crippen molar-refractivity contribution >= 4 is 11.7 Å². The third-order valence-electron chi connectivity index (χ3n) is 5.08. The van der Waals surface area contributed by atoms with Gasteiger partial charge in [0.1, 0.15) is 11.5 Å². The summed E-state index contributed by atoms with van der Waals surface area (Å²) in [6, 6.07) is 7.08.